The minimum Gasteiger partial charge on any atom is -0.291 e. The topological polar surface area (TPSA) is 34.1 Å². The number of carbonyl (C=O) groups is 2. The first-order valence-electron chi connectivity index (χ1n) is 2.54. The normalized spacial score (nSPS) is 11.2. The van der Waals surface area contributed by atoms with Gasteiger partial charge in [-0.25, -0.2) is 0 Å². The monoisotopic (exact) mass is 154 g/mol. The molecule has 0 aromatic rings. The predicted octanol–water partition coefficient (Wildman–Crippen LogP) is 1.10. The van der Waals surface area contributed by atoms with E-state index in [1.54, 1.807) is 0 Å². The van der Waals surface area contributed by atoms with E-state index in [0.717, 1.165) is 0 Å². The Balaban J connectivity index is 4.24. The summed E-state index contributed by atoms with van der Waals surface area (Å²) >= 11 is 0. The van der Waals surface area contributed by atoms with Gasteiger partial charge in [-0.2, -0.15) is 13.2 Å². The summed E-state index contributed by atoms with van der Waals surface area (Å²) in [6.07, 6.45) is -5.41. The molecule has 0 atom stereocenters. The second kappa shape index (κ2) is 2.81. The van der Waals surface area contributed by atoms with Crippen molar-refractivity contribution < 1.29 is 22.8 Å². The van der Waals surface area contributed by atoms with E-state index in [4.69, 9.17) is 0 Å². The molecule has 0 heterocycles. The van der Waals surface area contributed by atoms with Crippen molar-refractivity contribution in [3.8, 4) is 0 Å². The van der Waals surface area contributed by atoms with Gasteiger partial charge >= 0.3 is 12.0 Å². The Kier molecular flexibility index (Phi) is 2.56. The molecule has 0 aliphatic carbocycles. The van der Waals surface area contributed by atoms with Crippen molar-refractivity contribution in [3.05, 3.63) is 0 Å². The molecule has 5 heteroatoms. The highest BCUT2D eigenvalue weighted by molar-refractivity contribution is 6.39. The van der Waals surface area contributed by atoms with Crippen LogP contribution in [0.4, 0.5) is 13.2 Å². The number of carbonyl (C=O) groups excluding carboxylic acids is 2. The molecule has 0 amide bonds. The maximum Gasteiger partial charge on any atom is 0.458 e. The zero-order valence-electron chi connectivity index (χ0n) is 5.16. The van der Waals surface area contributed by atoms with Crippen molar-refractivity contribution in [1.29, 1.82) is 0 Å². The van der Waals surface area contributed by atoms with Gasteiger partial charge in [-0.1, -0.05) is 6.92 Å². The molecule has 0 spiro atoms. The molecule has 0 aliphatic rings. The third-order valence-corrected chi connectivity index (χ3v) is 0.832. The maximum atomic E-state index is 11.3. The van der Waals surface area contributed by atoms with Crippen LogP contribution in [0.3, 0.4) is 0 Å². The largest absolute Gasteiger partial charge is 0.458 e. The van der Waals surface area contributed by atoms with Gasteiger partial charge in [0.1, 0.15) is 0 Å². The van der Waals surface area contributed by atoms with E-state index >= 15 is 0 Å². The molecule has 0 fully saturated rings. The maximum absolute atomic E-state index is 11.3. The number of Topliss-reactive ketones (excluding diaryl/α,β-unsaturated/α-hetero) is 2. The highest BCUT2D eigenvalue weighted by Crippen LogP contribution is 2.16. The Morgan fingerprint density at radius 2 is 1.70 bits per heavy atom. The van der Waals surface area contributed by atoms with Gasteiger partial charge < -0.3 is 0 Å². The van der Waals surface area contributed by atoms with Gasteiger partial charge in [0.05, 0.1) is 0 Å². The van der Waals surface area contributed by atoms with Gasteiger partial charge in [0.2, 0.25) is 5.78 Å². The van der Waals surface area contributed by atoms with Gasteiger partial charge in [-0.15, -0.1) is 0 Å². The zero-order valence-corrected chi connectivity index (χ0v) is 5.16. The predicted molar refractivity (Wildman–Crippen MR) is 26.4 cm³/mol. The molecule has 2 nitrogen and oxygen atoms in total. The van der Waals surface area contributed by atoms with Crippen LogP contribution in [0.15, 0.2) is 0 Å². The zero-order chi connectivity index (χ0) is 8.36. The molecule has 0 saturated heterocycles. The number of rotatable bonds is 2. The van der Waals surface area contributed by atoms with E-state index in [-0.39, 0.29) is 0 Å². The van der Waals surface area contributed by atoms with Crippen LogP contribution in [0.5, 0.6) is 0 Å². The third-order valence-electron chi connectivity index (χ3n) is 0.832. The molecule has 0 saturated carbocycles. The lowest BCUT2D eigenvalue weighted by Gasteiger charge is -2.00. The summed E-state index contributed by atoms with van der Waals surface area (Å²) in [6.45, 7) is 1.20. The van der Waals surface area contributed by atoms with E-state index in [1.165, 1.54) is 6.92 Å². The summed E-state index contributed by atoms with van der Waals surface area (Å²) in [5, 5.41) is 0. The summed E-state index contributed by atoms with van der Waals surface area (Å²) in [7, 11) is 0. The Morgan fingerprint density at radius 1 is 1.30 bits per heavy atom. The van der Waals surface area contributed by atoms with Gasteiger partial charge in [-0.3, -0.25) is 9.59 Å². The summed E-state index contributed by atoms with van der Waals surface area (Å²) in [5.74, 6) is -3.66. The SMILES string of the molecule is CCC(=O)C(=O)C(F)(F)F. The number of hydrogen-bond acceptors (Lipinski definition) is 2. The van der Waals surface area contributed by atoms with Crippen LogP contribution in [-0.2, 0) is 9.59 Å². The first-order chi connectivity index (χ1) is 4.39. The summed E-state index contributed by atoms with van der Waals surface area (Å²) in [4.78, 5) is 20.0. The van der Waals surface area contributed by atoms with E-state index < -0.39 is 24.2 Å². The van der Waals surface area contributed by atoms with Crippen LogP contribution in [0, 0.1) is 0 Å². The number of ketones is 2. The van der Waals surface area contributed by atoms with Crippen molar-refractivity contribution in [3.63, 3.8) is 0 Å². The number of halogens is 3. The molecule has 10 heavy (non-hydrogen) atoms. The molecule has 0 aromatic heterocycles. The number of alkyl halides is 3. The van der Waals surface area contributed by atoms with Gasteiger partial charge in [0, 0.05) is 6.42 Å². The van der Waals surface area contributed by atoms with Gasteiger partial charge in [-0.05, 0) is 0 Å². The quantitative estimate of drug-likeness (QED) is 0.558. The molecule has 0 bridgehead atoms. The molecular formula is C5H5F3O2. The van der Waals surface area contributed by atoms with Gasteiger partial charge in [0.15, 0.2) is 0 Å². The van der Waals surface area contributed by atoms with E-state index in [9.17, 15) is 22.8 Å². The van der Waals surface area contributed by atoms with Crippen molar-refractivity contribution in [2.75, 3.05) is 0 Å². The van der Waals surface area contributed by atoms with Crippen LogP contribution < -0.4 is 0 Å². The van der Waals surface area contributed by atoms with E-state index in [1.807, 2.05) is 0 Å². The second-order valence-corrected chi connectivity index (χ2v) is 1.60. The average Bonchev–Trinajstić information content (AvgIpc) is 1.83. The minimum atomic E-state index is -5.01. The Bertz CT molecular complexity index is 159. The molecular weight excluding hydrogens is 149 g/mol. The first kappa shape index (κ1) is 9.13. The standard InChI is InChI=1S/C5H5F3O2/c1-2-3(9)4(10)5(6,7)8/h2H2,1H3. The highest BCUT2D eigenvalue weighted by Gasteiger charge is 2.42. The van der Waals surface area contributed by atoms with Gasteiger partial charge in [0.25, 0.3) is 0 Å². The third kappa shape index (κ3) is 2.16. The second-order valence-electron chi connectivity index (χ2n) is 1.60. The fourth-order valence-corrected chi connectivity index (χ4v) is 0.319. The summed E-state index contributed by atoms with van der Waals surface area (Å²) in [6, 6.07) is 0. The van der Waals surface area contributed by atoms with E-state index in [0.29, 0.717) is 0 Å². The molecule has 0 unspecified atom stereocenters. The fraction of sp³-hybridized carbons (Fsp3) is 0.600. The van der Waals surface area contributed by atoms with E-state index in [2.05, 4.69) is 0 Å². The summed E-state index contributed by atoms with van der Waals surface area (Å²) < 4.78 is 33.9. The average molecular weight is 154 g/mol. The van der Waals surface area contributed by atoms with Crippen LogP contribution in [0.25, 0.3) is 0 Å². The molecule has 0 rings (SSSR count). The van der Waals surface area contributed by atoms with Crippen molar-refractivity contribution >= 4 is 11.6 Å². The minimum absolute atomic E-state index is 0.404. The molecule has 0 aromatic carbocycles. The van der Waals surface area contributed by atoms with Crippen LogP contribution >= 0.6 is 0 Å². The molecule has 58 valence electrons. The highest BCUT2D eigenvalue weighted by atomic mass is 19.4. The smallest absolute Gasteiger partial charge is 0.291 e. The lowest BCUT2D eigenvalue weighted by Crippen LogP contribution is -2.30. The lowest BCUT2D eigenvalue weighted by molar-refractivity contribution is -0.174. The van der Waals surface area contributed by atoms with Crippen LogP contribution in [0.2, 0.25) is 0 Å². The molecule has 0 radical (unpaired) electrons. The van der Waals surface area contributed by atoms with Crippen LogP contribution in [0.1, 0.15) is 13.3 Å². The van der Waals surface area contributed by atoms with Crippen molar-refractivity contribution in [1.82, 2.24) is 0 Å². The summed E-state index contributed by atoms with van der Waals surface area (Å²) in [5.41, 5.74) is 0. The van der Waals surface area contributed by atoms with Crippen LogP contribution in [-0.4, -0.2) is 17.7 Å². The Hall–Kier alpha value is -0.870. The first-order valence-corrected chi connectivity index (χ1v) is 2.54. The van der Waals surface area contributed by atoms with Crippen molar-refractivity contribution in [2.24, 2.45) is 0 Å². The van der Waals surface area contributed by atoms with Crippen molar-refractivity contribution in [2.45, 2.75) is 19.5 Å². The Morgan fingerprint density at radius 3 is 1.80 bits per heavy atom. The Labute approximate surface area is 55.0 Å². The molecule has 0 aliphatic heterocycles. The molecule has 0 N–H and O–H groups in total. The fourth-order valence-electron chi connectivity index (χ4n) is 0.319. The number of hydrogen-bond donors (Lipinski definition) is 0. The lowest BCUT2D eigenvalue weighted by atomic mass is 10.2.